The highest BCUT2D eigenvalue weighted by atomic mass is 16.3. The fourth-order valence-corrected chi connectivity index (χ4v) is 5.85. The Kier molecular flexibility index (Phi) is 4.41. The van der Waals surface area contributed by atoms with Gasteiger partial charge < -0.3 is 15.3 Å². The van der Waals surface area contributed by atoms with Crippen molar-refractivity contribution >= 4 is 33.4 Å². The van der Waals surface area contributed by atoms with E-state index in [1.807, 2.05) is 42.5 Å². The molecule has 180 valence electrons. The fourth-order valence-electron chi connectivity index (χ4n) is 5.85. The summed E-state index contributed by atoms with van der Waals surface area (Å²) in [6.45, 7) is 0.368. The Morgan fingerprint density at radius 2 is 1.86 bits per heavy atom. The van der Waals surface area contributed by atoms with Gasteiger partial charge in [0, 0.05) is 23.5 Å². The van der Waals surface area contributed by atoms with Gasteiger partial charge in [-0.2, -0.15) is 5.26 Å². The summed E-state index contributed by atoms with van der Waals surface area (Å²) < 4.78 is 2.86. The number of hydrogen-bond donors (Lipinski definition) is 2. The molecule has 37 heavy (non-hydrogen) atoms. The number of carbonyl (C=O) groups excluding carboxylic acids is 1. The van der Waals surface area contributed by atoms with Gasteiger partial charge in [0.2, 0.25) is 5.88 Å². The molecule has 2 bridgehead atoms. The minimum absolute atomic E-state index is 0.199. The van der Waals surface area contributed by atoms with Crippen LogP contribution in [0.2, 0.25) is 0 Å². The minimum atomic E-state index is -0.434. The average Bonchev–Trinajstić information content (AvgIpc) is 3.60. The first-order valence-electron chi connectivity index (χ1n) is 12.0. The number of amides is 2. The highest BCUT2D eigenvalue weighted by molar-refractivity contribution is 6.01. The second-order valence-electron chi connectivity index (χ2n) is 9.36. The molecule has 2 aliphatic heterocycles. The summed E-state index contributed by atoms with van der Waals surface area (Å²) in [6.07, 6.45) is 2.15. The number of anilines is 1. The smallest absolute Gasteiger partial charge is 0.336 e. The van der Waals surface area contributed by atoms with Gasteiger partial charge in [0.1, 0.15) is 11.8 Å². The quantitative estimate of drug-likeness (QED) is 0.381. The Bertz CT molecular complexity index is 1860. The van der Waals surface area contributed by atoms with Crippen LogP contribution in [0, 0.1) is 11.3 Å². The number of aromatic hydroxyl groups is 1. The number of hydrogen-bond acceptors (Lipinski definition) is 5. The first-order valence-corrected chi connectivity index (χ1v) is 12.0. The van der Waals surface area contributed by atoms with Gasteiger partial charge in [-0.25, -0.2) is 14.2 Å². The van der Waals surface area contributed by atoms with Crippen molar-refractivity contribution in [3.05, 3.63) is 94.7 Å². The van der Waals surface area contributed by atoms with Gasteiger partial charge in [-0.05, 0) is 42.1 Å². The van der Waals surface area contributed by atoms with Crippen molar-refractivity contribution < 1.29 is 9.90 Å². The molecule has 0 spiro atoms. The third-order valence-electron chi connectivity index (χ3n) is 7.46. The molecule has 7 rings (SSSR count). The van der Waals surface area contributed by atoms with Gasteiger partial charge in [-0.3, -0.25) is 9.55 Å². The van der Waals surface area contributed by atoms with Crippen molar-refractivity contribution in [3.63, 3.8) is 0 Å². The molecular weight excluding hydrogens is 468 g/mol. The van der Waals surface area contributed by atoms with Crippen molar-refractivity contribution in [1.82, 2.24) is 19.0 Å². The molecule has 0 aliphatic carbocycles. The number of fused-ring (bicyclic) bond motifs is 7. The summed E-state index contributed by atoms with van der Waals surface area (Å²) >= 11 is 0. The molecule has 0 radical (unpaired) electrons. The Morgan fingerprint density at radius 3 is 2.73 bits per heavy atom. The summed E-state index contributed by atoms with van der Waals surface area (Å²) in [6, 6.07) is 21.5. The molecule has 1 saturated heterocycles. The molecule has 0 unspecified atom stereocenters. The highest BCUT2D eigenvalue weighted by Crippen LogP contribution is 2.49. The van der Waals surface area contributed by atoms with E-state index in [0.29, 0.717) is 46.5 Å². The van der Waals surface area contributed by atoms with E-state index < -0.39 is 6.04 Å². The second kappa shape index (κ2) is 7.70. The molecule has 3 aromatic carbocycles. The lowest BCUT2D eigenvalue weighted by Crippen LogP contribution is -2.40. The van der Waals surface area contributed by atoms with E-state index in [1.165, 1.54) is 4.57 Å². The maximum atomic E-state index is 13.5. The molecule has 2 amide bonds. The largest absolute Gasteiger partial charge is 0.493 e. The number of rotatable bonds is 2. The zero-order valence-electron chi connectivity index (χ0n) is 19.5. The Labute approximate surface area is 210 Å². The number of nitriles is 1. The number of imidazole rings is 1. The number of likely N-dealkylation sites (tertiary alicyclic amines) is 1. The van der Waals surface area contributed by atoms with Gasteiger partial charge in [0.05, 0.1) is 34.5 Å². The molecule has 2 aromatic heterocycles. The van der Waals surface area contributed by atoms with E-state index in [9.17, 15) is 20.0 Å². The summed E-state index contributed by atoms with van der Waals surface area (Å²) in [7, 11) is 0. The lowest BCUT2D eigenvalue weighted by atomic mass is 10.1. The molecule has 2 N–H and O–H groups in total. The monoisotopic (exact) mass is 488 g/mol. The fraction of sp³-hybridized carbons (Fsp3) is 0.143. The molecule has 9 heteroatoms. The third kappa shape index (κ3) is 2.93. The maximum absolute atomic E-state index is 13.5. The van der Waals surface area contributed by atoms with Crippen molar-refractivity contribution in [3.8, 4) is 17.6 Å². The van der Waals surface area contributed by atoms with Gasteiger partial charge in [0.25, 0.3) is 0 Å². The lowest BCUT2D eigenvalue weighted by Gasteiger charge is -2.28. The molecule has 1 fully saturated rings. The van der Waals surface area contributed by atoms with Crippen LogP contribution in [0.5, 0.6) is 5.88 Å². The lowest BCUT2D eigenvalue weighted by molar-refractivity contribution is 0.198. The SMILES string of the molecule is N#Cc1ccc(-n2c(O)c3n(c2=O)[C@H]2C[C@@H]3N(C(=O)Nc3cccc4ccccc34)C2)c2cccnc12. The maximum Gasteiger partial charge on any atom is 0.336 e. The number of aromatic nitrogens is 3. The van der Waals surface area contributed by atoms with Crippen LogP contribution in [0.15, 0.2) is 77.7 Å². The van der Waals surface area contributed by atoms with Crippen LogP contribution in [-0.2, 0) is 0 Å². The first kappa shape index (κ1) is 21.2. The van der Waals surface area contributed by atoms with Crippen LogP contribution in [0.1, 0.15) is 29.8 Å². The molecular formula is C28H20N6O3. The second-order valence-corrected chi connectivity index (χ2v) is 9.36. The van der Waals surface area contributed by atoms with E-state index in [1.54, 1.807) is 39.9 Å². The molecule has 4 heterocycles. The minimum Gasteiger partial charge on any atom is -0.493 e. The number of carbonyl (C=O) groups is 1. The summed E-state index contributed by atoms with van der Waals surface area (Å²) in [5.74, 6) is -0.199. The summed E-state index contributed by atoms with van der Waals surface area (Å²) in [4.78, 5) is 32.9. The average molecular weight is 489 g/mol. The van der Waals surface area contributed by atoms with Gasteiger partial charge in [0.15, 0.2) is 0 Å². The summed E-state index contributed by atoms with van der Waals surface area (Å²) in [5, 5.41) is 26.4. The third-order valence-corrected chi connectivity index (χ3v) is 7.46. The highest BCUT2D eigenvalue weighted by Gasteiger charge is 2.49. The van der Waals surface area contributed by atoms with E-state index >= 15 is 0 Å². The number of benzene rings is 3. The Morgan fingerprint density at radius 1 is 1.05 bits per heavy atom. The standard InChI is InChI=1S/C28H20N6O3/c29-14-17-10-11-22(20-8-4-12-30-24(17)20)34-26(35)25-23-13-18(33(25)28(34)37)15-32(23)27(36)31-21-9-3-6-16-5-1-2-7-19(16)21/h1-12,18,23,35H,13,15H2,(H,31,36)/t18-,23-/m0/s1. The number of nitrogens with zero attached hydrogens (tertiary/aromatic N) is 5. The van der Waals surface area contributed by atoms with Gasteiger partial charge in [-0.15, -0.1) is 0 Å². The van der Waals surface area contributed by atoms with Crippen molar-refractivity contribution in [2.45, 2.75) is 18.5 Å². The number of urea groups is 1. The molecule has 2 aliphatic rings. The van der Waals surface area contributed by atoms with Crippen LogP contribution in [0.25, 0.3) is 27.4 Å². The van der Waals surface area contributed by atoms with E-state index in [-0.39, 0.29) is 23.6 Å². The van der Waals surface area contributed by atoms with Gasteiger partial charge >= 0.3 is 11.7 Å². The topological polar surface area (TPSA) is 116 Å². The Hall–Kier alpha value is -5.10. The van der Waals surface area contributed by atoms with Crippen molar-refractivity contribution in [1.29, 1.82) is 5.26 Å². The van der Waals surface area contributed by atoms with E-state index in [0.717, 1.165) is 10.8 Å². The van der Waals surface area contributed by atoms with Gasteiger partial charge in [-0.1, -0.05) is 36.4 Å². The van der Waals surface area contributed by atoms with Crippen LogP contribution < -0.4 is 11.0 Å². The zero-order valence-corrected chi connectivity index (χ0v) is 19.5. The number of pyridine rings is 1. The molecule has 2 atom stereocenters. The van der Waals surface area contributed by atoms with E-state index in [4.69, 9.17) is 0 Å². The number of nitrogens with one attached hydrogen (secondary N) is 1. The van der Waals surface area contributed by atoms with Crippen LogP contribution in [0.4, 0.5) is 10.5 Å². The Balaban J connectivity index is 1.28. The van der Waals surface area contributed by atoms with Crippen molar-refractivity contribution in [2.24, 2.45) is 0 Å². The molecule has 9 nitrogen and oxygen atoms in total. The van der Waals surface area contributed by atoms with Crippen LogP contribution in [0.3, 0.4) is 0 Å². The van der Waals surface area contributed by atoms with Crippen LogP contribution in [-0.4, -0.2) is 36.7 Å². The van der Waals surface area contributed by atoms with Crippen molar-refractivity contribution in [2.75, 3.05) is 11.9 Å². The first-order chi connectivity index (χ1) is 18.1. The predicted molar refractivity (Wildman–Crippen MR) is 138 cm³/mol. The predicted octanol–water partition coefficient (Wildman–Crippen LogP) is 4.45. The normalized spacial score (nSPS) is 17.8. The zero-order chi connectivity index (χ0) is 25.3. The molecule has 0 saturated carbocycles. The van der Waals surface area contributed by atoms with Crippen LogP contribution >= 0.6 is 0 Å². The summed E-state index contributed by atoms with van der Waals surface area (Å²) in [5.41, 5.74) is 2.05. The molecule has 5 aromatic rings. The van der Waals surface area contributed by atoms with E-state index in [2.05, 4.69) is 16.4 Å².